The number of hydrogen-bond donors (Lipinski definition) is 1. The number of piperazine rings is 1. The van der Waals surface area contributed by atoms with E-state index in [0.717, 1.165) is 43.1 Å². The standard InChI is InChI=1S/C19H24N4O/c1-14-4-5-15(2)18(10-14)21-17-11-16(12-20-13-17)19(24)23-8-6-22(3)7-9-23/h4-5,10-13,21H,6-9H2,1-3H3. The molecule has 0 atom stereocenters. The molecule has 1 aliphatic rings. The maximum Gasteiger partial charge on any atom is 0.255 e. The first-order chi connectivity index (χ1) is 11.5. The number of aromatic nitrogens is 1. The second-order valence-electron chi connectivity index (χ2n) is 6.50. The highest BCUT2D eigenvalue weighted by molar-refractivity contribution is 5.95. The molecule has 1 aromatic carbocycles. The van der Waals surface area contributed by atoms with Gasteiger partial charge < -0.3 is 15.1 Å². The molecule has 1 aliphatic heterocycles. The number of carbonyl (C=O) groups is 1. The molecule has 5 nitrogen and oxygen atoms in total. The van der Waals surface area contributed by atoms with Gasteiger partial charge in [-0.05, 0) is 44.2 Å². The first kappa shape index (κ1) is 16.5. The number of benzene rings is 1. The van der Waals surface area contributed by atoms with Crippen LogP contribution in [-0.4, -0.2) is 53.9 Å². The largest absolute Gasteiger partial charge is 0.354 e. The lowest BCUT2D eigenvalue weighted by Crippen LogP contribution is -2.47. The summed E-state index contributed by atoms with van der Waals surface area (Å²) in [6, 6.07) is 8.16. The van der Waals surface area contributed by atoms with Gasteiger partial charge in [0.2, 0.25) is 0 Å². The molecule has 3 rings (SSSR count). The van der Waals surface area contributed by atoms with E-state index in [-0.39, 0.29) is 5.91 Å². The molecule has 1 N–H and O–H groups in total. The number of amides is 1. The molecule has 1 aromatic heterocycles. The third-order valence-electron chi connectivity index (χ3n) is 4.45. The minimum absolute atomic E-state index is 0.0558. The number of nitrogens with one attached hydrogen (secondary N) is 1. The zero-order valence-electron chi connectivity index (χ0n) is 14.5. The number of nitrogens with zero attached hydrogens (tertiary/aromatic N) is 3. The van der Waals surface area contributed by atoms with Crippen LogP contribution in [0.4, 0.5) is 11.4 Å². The Kier molecular flexibility index (Phi) is 4.81. The van der Waals surface area contributed by atoms with Crippen LogP contribution in [0.2, 0.25) is 0 Å². The Labute approximate surface area is 143 Å². The fourth-order valence-corrected chi connectivity index (χ4v) is 2.84. The molecule has 0 saturated carbocycles. The highest BCUT2D eigenvalue weighted by Crippen LogP contribution is 2.22. The number of pyridine rings is 1. The van der Waals surface area contributed by atoms with Crippen LogP contribution < -0.4 is 5.32 Å². The van der Waals surface area contributed by atoms with Gasteiger partial charge in [-0.1, -0.05) is 12.1 Å². The average Bonchev–Trinajstić information content (AvgIpc) is 2.58. The molecule has 1 fully saturated rings. The zero-order chi connectivity index (χ0) is 17.1. The van der Waals surface area contributed by atoms with Crippen molar-refractivity contribution in [2.75, 3.05) is 38.5 Å². The van der Waals surface area contributed by atoms with E-state index in [1.165, 1.54) is 5.56 Å². The lowest BCUT2D eigenvalue weighted by atomic mass is 10.1. The average molecular weight is 324 g/mol. The maximum atomic E-state index is 12.7. The van der Waals surface area contributed by atoms with Crippen molar-refractivity contribution in [3.63, 3.8) is 0 Å². The third kappa shape index (κ3) is 3.74. The van der Waals surface area contributed by atoms with Crippen molar-refractivity contribution < 1.29 is 4.79 Å². The fraction of sp³-hybridized carbons (Fsp3) is 0.368. The van der Waals surface area contributed by atoms with Crippen LogP contribution in [0.3, 0.4) is 0 Å². The van der Waals surface area contributed by atoms with Gasteiger partial charge in [-0.15, -0.1) is 0 Å². The van der Waals surface area contributed by atoms with Crippen LogP contribution in [0.25, 0.3) is 0 Å². The van der Waals surface area contributed by atoms with Crippen molar-refractivity contribution in [2.45, 2.75) is 13.8 Å². The van der Waals surface area contributed by atoms with Crippen molar-refractivity contribution in [1.82, 2.24) is 14.8 Å². The van der Waals surface area contributed by atoms with E-state index in [0.29, 0.717) is 5.56 Å². The molecule has 126 valence electrons. The molecule has 24 heavy (non-hydrogen) atoms. The van der Waals surface area contributed by atoms with Gasteiger partial charge >= 0.3 is 0 Å². The van der Waals surface area contributed by atoms with E-state index in [2.05, 4.69) is 54.3 Å². The number of aryl methyl sites for hydroxylation is 2. The van der Waals surface area contributed by atoms with Crippen LogP contribution in [0.5, 0.6) is 0 Å². The molecule has 1 saturated heterocycles. The molecule has 0 radical (unpaired) electrons. The molecule has 2 aromatic rings. The van der Waals surface area contributed by atoms with Gasteiger partial charge in [0, 0.05) is 38.1 Å². The summed E-state index contributed by atoms with van der Waals surface area (Å²) in [4.78, 5) is 21.1. The second-order valence-corrected chi connectivity index (χ2v) is 6.50. The molecular weight excluding hydrogens is 300 g/mol. The quantitative estimate of drug-likeness (QED) is 0.943. The summed E-state index contributed by atoms with van der Waals surface area (Å²) in [6.45, 7) is 7.50. The number of likely N-dealkylation sites (N-methyl/N-ethyl adjacent to an activating group) is 1. The molecule has 1 amide bonds. The summed E-state index contributed by atoms with van der Waals surface area (Å²) >= 11 is 0. The van der Waals surface area contributed by atoms with E-state index in [9.17, 15) is 4.79 Å². The first-order valence-electron chi connectivity index (χ1n) is 8.30. The van der Waals surface area contributed by atoms with Crippen LogP contribution in [0, 0.1) is 13.8 Å². The third-order valence-corrected chi connectivity index (χ3v) is 4.45. The Bertz CT molecular complexity index is 736. The lowest BCUT2D eigenvalue weighted by Gasteiger charge is -2.32. The molecule has 0 spiro atoms. The Morgan fingerprint density at radius 3 is 2.58 bits per heavy atom. The maximum absolute atomic E-state index is 12.7. The Balaban J connectivity index is 1.76. The summed E-state index contributed by atoms with van der Waals surface area (Å²) in [5.74, 6) is 0.0558. The van der Waals surface area contributed by atoms with E-state index in [1.807, 2.05) is 11.0 Å². The van der Waals surface area contributed by atoms with Crippen LogP contribution in [0.15, 0.2) is 36.7 Å². The van der Waals surface area contributed by atoms with Gasteiger partial charge in [0.25, 0.3) is 5.91 Å². The molecule has 0 bridgehead atoms. The SMILES string of the molecule is Cc1ccc(C)c(Nc2cncc(C(=O)N3CCN(C)CC3)c2)c1. The minimum Gasteiger partial charge on any atom is -0.354 e. The number of carbonyl (C=O) groups excluding carboxylic acids is 1. The lowest BCUT2D eigenvalue weighted by molar-refractivity contribution is 0.0663. The molecule has 5 heteroatoms. The molecule has 0 unspecified atom stereocenters. The van der Waals surface area contributed by atoms with Crippen molar-refractivity contribution >= 4 is 17.3 Å². The highest BCUT2D eigenvalue weighted by Gasteiger charge is 2.20. The van der Waals surface area contributed by atoms with Gasteiger partial charge in [0.1, 0.15) is 0 Å². The monoisotopic (exact) mass is 324 g/mol. The van der Waals surface area contributed by atoms with E-state index >= 15 is 0 Å². The van der Waals surface area contributed by atoms with Gasteiger partial charge in [0.05, 0.1) is 17.4 Å². The highest BCUT2D eigenvalue weighted by atomic mass is 16.2. The van der Waals surface area contributed by atoms with E-state index in [1.54, 1.807) is 12.4 Å². The summed E-state index contributed by atoms with van der Waals surface area (Å²) < 4.78 is 0. The number of anilines is 2. The number of hydrogen-bond acceptors (Lipinski definition) is 4. The predicted molar refractivity (Wildman–Crippen MR) is 96.8 cm³/mol. The first-order valence-corrected chi connectivity index (χ1v) is 8.30. The summed E-state index contributed by atoms with van der Waals surface area (Å²) in [5, 5.41) is 3.38. The van der Waals surface area contributed by atoms with E-state index in [4.69, 9.17) is 0 Å². The molecule has 0 aliphatic carbocycles. The van der Waals surface area contributed by atoms with Crippen LogP contribution >= 0.6 is 0 Å². The Morgan fingerprint density at radius 2 is 1.83 bits per heavy atom. The minimum atomic E-state index is 0.0558. The smallest absolute Gasteiger partial charge is 0.255 e. The van der Waals surface area contributed by atoms with Crippen molar-refractivity contribution in [3.8, 4) is 0 Å². The topological polar surface area (TPSA) is 48.5 Å². The van der Waals surface area contributed by atoms with E-state index < -0.39 is 0 Å². The fourth-order valence-electron chi connectivity index (χ4n) is 2.84. The molecule has 2 heterocycles. The second kappa shape index (κ2) is 7.01. The van der Waals surface area contributed by atoms with Gasteiger partial charge in [-0.3, -0.25) is 9.78 Å². The van der Waals surface area contributed by atoms with Crippen molar-refractivity contribution in [3.05, 3.63) is 53.3 Å². The van der Waals surface area contributed by atoms with Gasteiger partial charge in [-0.2, -0.15) is 0 Å². The summed E-state index contributed by atoms with van der Waals surface area (Å²) in [5.41, 5.74) is 4.87. The van der Waals surface area contributed by atoms with Crippen LogP contribution in [0.1, 0.15) is 21.5 Å². The molecular formula is C19H24N4O. The Morgan fingerprint density at radius 1 is 1.08 bits per heavy atom. The van der Waals surface area contributed by atoms with Gasteiger partial charge in [-0.25, -0.2) is 0 Å². The van der Waals surface area contributed by atoms with Crippen molar-refractivity contribution in [2.24, 2.45) is 0 Å². The van der Waals surface area contributed by atoms with Crippen molar-refractivity contribution in [1.29, 1.82) is 0 Å². The zero-order valence-corrected chi connectivity index (χ0v) is 14.5. The summed E-state index contributed by atoms with van der Waals surface area (Å²) in [6.07, 6.45) is 3.40. The van der Waals surface area contributed by atoms with Crippen LogP contribution in [-0.2, 0) is 0 Å². The predicted octanol–water partition coefficient (Wildman–Crippen LogP) is 2.83. The van der Waals surface area contributed by atoms with Gasteiger partial charge in [0.15, 0.2) is 0 Å². The Hall–Kier alpha value is -2.40. The summed E-state index contributed by atoms with van der Waals surface area (Å²) in [7, 11) is 2.08. The normalized spacial score (nSPS) is 15.4. The number of rotatable bonds is 3.